The molecule has 2 heterocycles. The van der Waals surface area contributed by atoms with Gasteiger partial charge in [0.15, 0.2) is 5.03 Å². The van der Waals surface area contributed by atoms with Crippen LogP contribution in [-0.2, 0) is 14.8 Å². The SMILES string of the molecule is CC1(NS(=O)(=O)c2[nH]ncc2C(=O)O)CCCOC1. The highest BCUT2D eigenvalue weighted by Gasteiger charge is 2.35. The maximum Gasteiger partial charge on any atom is 0.340 e. The van der Waals surface area contributed by atoms with Crippen LogP contribution in [0.25, 0.3) is 0 Å². The van der Waals surface area contributed by atoms with Crippen molar-refractivity contribution in [3.63, 3.8) is 0 Å². The van der Waals surface area contributed by atoms with Crippen LogP contribution in [0.15, 0.2) is 11.2 Å². The summed E-state index contributed by atoms with van der Waals surface area (Å²) in [6.07, 6.45) is 2.34. The number of sulfonamides is 1. The fourth-order valence-corrected chi connectivity index (χ4v) is 3.54. The average Bonchev–Trinajstić information content (AvgIpc) is 2.78. The Labute approximate surface area is 110 Å². The summed E-state index contributed by atoms with van der Waals surface area (Å²) in [5.41, 5.74) is -1.12. The number of rotatable bonds is 4. The van der Waals surface area contributed by atoms with Crippen LogP contribution in [0.2, 0.25) is 0 Å². The van der Waals surface area contributed by atoms with Crippen LogP contribution in [0, 0.1) is 0 Å². The molecule has 0 bridgehead atoms. The highest BCUT2D eigenvalue weighted by molar-refractivity contribution is 7.89. The quantitative estimate of drug-likeness (QED) is 0.714. The number of hydrogen-bond acceptors (Lipinski definition) is 5. The van der Waals surface area contributed by atoms with Crippen molar-refractivity contribution in [3.05, 3.63) is 11.8 Å². The van der Waals surface area contributed by atoms with E-state index in [-0.39, 0.29) is 12.2 Å². The number of nitrogens with one attached hydrogen (secondary N) is 2. The zero-order valence-electron chi connectivity index (χ0n) is 10.3. The van der Waals surface area contributed by atoms with Crippen LogP contribution in [0.3, 0.4) is 0 Å². The number of H-pyrrole nitrogens is 1. The number of carboxylic acids is 1. The zero-order chi connectivity index (χ0) is 14.1. The van der Waals surface area contributed by atoms with Crippen molar-refractivity contribution in [2.45, 2.75) is 30.3 Å². The molecule has 1 aliphatic rings. The van der Waals surface area contributed by atoms with E-state index >= 15 is 0 Å². The van der Waals surface area contributed by atoms with Gasteiger partial charge in [-0.15, -0.1) is 0 Å². The summed E-state index contributed by atoms with van der Waals surface area (Å²) in [5.74, 6) is -1.35. The first-order chi connectivity index (χ1) is 8.84. The summed E-state index contributed by atoms with van der Waals surface area (Å²) < 4.78 is 32.1. The third kappa shape index (κ3) is 2.94. The summed E-state index contributed by atoms with van der Waals surface area (Å²) >= 11 is 0. The molecule has 106 valence electrons. The van der Waals surface area contributed by atoms with Gasteiger partial charge in [-0.3, -0.25) is 5.10 Å². The molecule has 0 aromatic carbocycles. The van der Waals surface area contributed by atoms with Gasteiger partial charge < -0.3 is 9.84 Å². The lowest BCUT2D eigenvalue weighted by Crippen LogP contribution is -2.51. The topological polar surface area (TPSA) is 121 Å². The molecule has 9 heteroatoms. The molecule has 19 heavy (non-hydrogen) atoms. The largest absolute Gasteiger partial charge is 0.478 e. The van der Waals surface area contributed by atoms with Crippen molar-refractivity contribution >= 4 is 16.0 Å². The lowest BCUT2D eigenvalue weighted by molar-refractivity contribution is 0.0386. The minimum atomic E-state index is -3.98. The van der Waals surface area contributed by atoms with Gasteiger partial charge in [0.05, 0.1) is 18.3 Å². The lowest BCUT2D eigenvalue weighted by Gasteiger charge is -2.33. The molecule has 1 unspecified atom stereocenters. The van der Waals surface area contributed by atoms with E-state index in [1.54, 1.807) is 6.92 Å². The van der Waals surface area contributed by atoms with E-state index in [0.29, 0.717) is 13.0 Å². The van der Waals surface area contributed by atoms with Gasteiger partial charge in [-0.05, 0) is 19.8 Å². The van der Waals surface area contributed by atoms with Gasteiger partial charge in [0.1, 0.15) is 5.56 Å². The molecule has 1 fully saturated rings. The van der Waals surface area contributed by atoms with Crippen LogP contribution in [-0.4, -0.2) is 48.4 Å². The Hall–Kier alpha value is -1.45. The second-order valence-corrected chi connectivity index (χ2v) is 6.36. The third-order valence-corrected chi connectivity index (χ3v) is 4.53. The minimum Gasteiger partial charge on any atom is -0.478 e. The molecule has 1 atom stereocenters. The van der Waals surface area contributed by atoms with Crippen LogP contribution < -0.4 is 4.72 Å². The maximum atomic E-state index is 12.2. The summed E-state index contributed by atoms with van der Waals surface area (Å²) in [7, 11) is -3.98. The number of carbonyl (C=O) groups is 1. The van der Waals surface area contributed by atoms with Gasteiger partial charge in [-0.25, -0.2) is 17.9 Å². The van der Waals surface area contributed by atoms with Gasteiger partial charge in [-0.1, -0.05) is 0 Å². The number of hydrogen-bond donors (Lipinski definition) is 3. The van der Waals surface area contributed by atoms with E-state index in [2.05, 4.69) is 14.9 Å². The molecule has 0 spiro atoms. The minimum absolute atomic E-state index is 0.253. The van der Waals surface area contributed by atoms with Crippen molar-refractivity contribution in [2.75, 3.05) is 13.2 Å². The van der Waals surface area contributed by atoms with Crippen molar-refractivity contribution in [1.29, 1.82) is 0 Å². The molecular formula is C10H15N3O5S. The first-order valence-corrected chi connectivity index (χ1v) is 7.21. The van der Waals surface area contributed by atoms with Gasteiger partial charge in [-0.2, -0.15) is 5.10 Å². The molecule has 1 saturated heterocycles. The average molecular weight is 289 g/mol. The monoisotopic (exact) mass is 289 g/mol. The Bertz CT molecular complexity index is 574. The number of aromatic carboxylic acids is 1. The molecule has 0 amide bonds. The van der Waals surface area contributed by atoms with Crippen LogP contribution in [0.1, 0.15) is 30.1 Å². The van der Waals surface area contributed by atoms with E-state index in [1.807, 2.05) is 0 Å². The third-order valence-electron chi connectivity index (χ3n) is 2.92. The van der Waals surface area contributed by atoms with Crippen molar-refractivity contribution in [3.8, 4) is 0 Å². The summed E-state index contributed by atoms with van der Waals surface area (Å²) in [4.78, 5) is 10.9. The Balaban J connectivity index is 2.27. The second kappa shape index (κ2) is 4.91. The predicted octanol–water partition coefficient (Wildman–Crippen LogP) is -0.0447. The molecule has 1 aliphatic heterocycles. The number of nitrogens with zero attached hydrogens (tertiary/aromatic N) is 1. The fourth-order valence-electron chi connectivity index (χ4n) is 2.02. The number of aromatic nitrogens is 2. The molecule has 0 aliphatic carbocycles. The zero-order valence-corrected chi connectivity index (χ0v) is 11.2. The van der Waals surface area contributed by atoms with Crippen molar-refractivity contribution in [2.24, 2.45) is 0 Å². The smallest absolute Gasteiger partial charge is 0.340 e. The van der Waals surface area contributed by atoms with Crippen LogP contribution in [0.5, 0.6) is 0 Å². The summed E-state index contributed by atoms with van der Waals surface area (Å²) in [5, 5.41) is 14.2. The summed E-state index contributed by atoms with van der Waals surface area (Å²) in [6, 6.07) is 0. The van der Waals surface area contributed by atoms with Crippen LogP contribution >= 0.6 is 0 Å². The van der Waals surface area contributed by atoms with Gasteiger partial charge in [0.2, 0.25) is 0 Å². The number of ether oxygens (including phenoxy) is 1. The van der Waals surface area contributed by atoms with Gasteiger partial charge >= 0.3 is 5.97 Å². The fraction of sp³-hybridized carbons (Fsp3) is 0.600. The van der Waals surface area contributed by atoms with Crippen molar-refractivity contribution < 1.29 is 23.1 Å². The van der Waals surface area contributed by atoms with E-state index in [1.165, 1.54) is 0 Å². The predicted molar refractivity (Wildman–Crippen MR) is 64.3 cm³/mol. The highest BCUT2D eigenvalue weighted by atomic mass is 32.2. The molecule has 0 radical (unpaired) electrons. The Morgan fingerprint density at radius 2 is 2.37 bits per heavy atom. The highest BCUT2D eigenvalue weighted by Crippen LogP contribution is 2.22. The van der Waals surface area contributed by atoms with Crippen molar-refractivity contribution in [1.82, 2.24) is 14.9 Å². The standard InChI is InChI=1S/C10H15N3O5S/c1-10(3-2-4-18-6-10)13-19(16,17)8-7(9(14)15)5-11-12-8/h5,13H,2-4,6H2,1H3,(H,11,12)(H,14,15). The molecule has 3 N–H and O–H groups in total. The second-order valence-electron chi connectivity index (χ2n) is 4.74. The first-order valence-electron chi connectivity index (χ1n) is 5.72. The maximum absolute atomic E-state index is 12.2. The van der Waals surface area contributed by atoms with Gasteiger partial charge in [0, 0.05) is 6.61 Å². The van der Waals surface area contributed by atoms with E-state index in [4.69, 9.17) is 9.84 Å². The molecule has 8 nitrogen and oxygen atoms in total. The number of aromatic amines is 1. The number of carboxylic acid groups (broad SMARTS) is 1. The normalized spacial score (nSPS) is 24.3. The van der Waals surface area contributed by atoms with Gasteiger partial charge in [0.25, 0.3) is 10.0 Å². The van der Waals surface area contributed by atoms with E-state index < -0.39 is 26.6 Å². The Kier molecular flexibility index (Phi) is 3.61. The molecule has 2 rings (SSSR count). The molecular weight excluding hydrogens is 274 g/mol. The lowest BCUT2D eigenvalue weighted by atomic mass is 9.97. The Morgan fingerprint density at radius 1 is 1.63 bits per heavy atom. The van der Waals surface area contributed by atoms with E-state index in [9.17, 15) is 13.2 Å². The molecule has 1 aromatic heterocycles. The summed E-state index contributed by atoms with van der Waals surface area (Å²) in [6.45, 7) is 2.57. The molecule has 1 aromatic rings. The molecule has 0 saturated carbocycles. The van der Waals surface area contributed by atoms with E-state index in [0.717, 1.165) is 12.6 Å². The van der Waals surface area contributed by atoms with Crippen LogP contribution in [0.4, 0.5) is 0 Å². The Morgan fingerprint density at radius 3 is 2.95 bits per heavy atom. The first kappa shape index (κ1) is 14.0.